The highest BCUT2D eigenvalue weighted by Gasteiger charge is 2.49. The van der Waals surface area contributed by atoms with Crippen molar-refractivity contribution in [1.82, 2.24) is 4.98 Å². The average molecular weight is 476 g/mol. The van der Waals surface area contributed by atoms with Crippen molar-refractivity contribution in [3.8, 4) is 11.3 Å². The van der Waals surface area contributed by atoms with Gasteiger partial charge in [0.2, 0.25) is 0 Å². The molecule has 0 saturated heterocycles. The lowest BCUT2D eigenvalue weighted by atomic mass is 10.2. The minimum atomic E-state index is -2.49. The van der Waals surface area contributed by atoms with Crippen molar-refractivity contribution in [3.63, 3.8) is 0 Å². The maximum Gasteiger partial charge on any atom is 0.261 e. The van der Waals surface area contributed by atoms with E-state index in [1.54, 1.807) is 23.5 Å². The summed E-state index contributed by atoms with van der Waals surface area (Å²) in [6.07, 6.45) is 1.77. The van der Waals surface area contributed by atoms with Crippen molar-refractivity contribution >= 4 is 30.0 Å². The van der Waals surface area contributed by atoms with E-state index in [0.717, 1.165) is 29.1 Å². The third-order valence-electron chi connectivity index (χ3n) is 5.96. The van der Waals surface area contributed by atoms with Gasteiger partial charge in [0.05, 0.1) is 10.7 Å². The van der Waals surface area contributed by atoms with E-state index in [9.17, 15) is 4.39 Å². The highest BCUT2D eigenvalue weighted by atomic mass is 32.1. The van der Waals surface area contributed by atoms with E-state index in [1.807, 2.05) is 5.38 Å². The van der Waals surface area contributed by atoms with Crippen LogP contribution in [0.25, 0.3) is 11.3 Å². The van der Waals surface area contributed by atoms with Gasteiger partial charge < -0.3 is 4.43 Å². The fourth-order valence-electron chi connectivity index (χ4n) is 4.39. The fraction of sp³-hybridized carbons (Fsp3) is 0.250. The number of nitrogens with zero attached hydrogens (tertiary/aromatic N) is 1. The molecule has 2 nitrogen and oxygen atoms in total. The first kappa shape index (κ1) is 23.6. The van der Waals surface area contributed by atoms with Crippen LogP contribution in [0.4, 0.5) is 4.39 Å². The lowest BCUT2D eigenvalue weighted by molar-refractivity contribution is 0.292. The van der Waals surface area contributed by atoms with Crippen LogP contribution in [0.5, 0.6) is 0 Å². The van der Waals surface area contributed by atoms with Crippen LogP contribution in [0.15, 0.2) is 90.3 Å². The molecule has 5 heteroatoms. The summed E-state index contributed by atoms with van der Waals surface area (Å²) in [7, 11) is -2.49. The fourth-order valence-corrected chi connectivity index (χ4v) is 9.84. The Hall–Kier alpha value is -2.60. The molecule has 0 fully saturated rings. The predicted octanol–water partition coefficient (Wildman–Crippen LogP) is 6.46. The van der Waals surface area contributed by atoms with Crippen molar-refractivity contribution < 1.29 is 8.82 Å². The molecule has 0 aliphatic rings. The first-order valence-electron chi connectivity index (χ1n) is 11.4. The Bertz CT molecular complexity index is 1110. The molecule has 0 bridgehead atoms. The van der Waals surface area contributed by atoms with Crippen LogP contribution in [0.3, 0.4) is 0 Å². The van der Waals surface area contributed by atoms with E-state index < -0.39 is 8.32 Å². The summed E-state index contributed by atoms with van der Waals surface area (Å²) in [5, 5.41) is 5.71. The number of benzene rings is 3. The minimum Gasteiger partial charge on any atom is -0.407 e. The Morgan fingerprint density at radius 2 is 1.42 bits per heavy atom. The molecule has 170 valence electrons. The summed E-state index contributed by atoms with van der Waals surface area (Å²) in [5.74, 6) is -0.227. The normalized spacial score (nSPS) is 12.1. The molecule has 1 heterocycles. The second-order valence-corrected chi connectivity index (χ2v) is 14.5. The number of hydrogen-bond donors (Lipinski definition) is 0. The molecule has 0 aliphatic carbocycles. The average Bonchev–Trinajstić information content (AvgIpc) is 3.29. The molecule has 0 radical (unpaired) electrons. The smallest absolute Gasteiger partial charge is 0.261 e. The molecule has 0 spiro atoms. The monoisotopic (exact) mass is 475 g/mol. The Morgan fingerprint density at radius 1 is 0.848 bits per heavy atom. The molecule has 33 heavy (non-hydrogen) atoms. The third-order valence-corrected chi connectivity index (χ3v) is 11.9. The number of thiazole rings is 1. The van der Waals surface area contributed by atoms with Crippen LogP contribution < -0.4 is 10.4 Å². The molecule has 0 saturated carbocycles. The topological polar surface area (TPSA) is 22.1 Å². The van der Waals surface area contributed by atoms with Gasteiger partial charge >= 0.3 is 0 Å². The molecule has 0 aliphatic heterocycles. The Balaban J connectivity index is 1.51. The van der Waals surface area contributed by atoms with Crippen molar-refractivity contribution in [2.75, 3.05) is 6.61 Å². The molecular weight excluding hydrogens is 445 g/mol. The zero-order chi connectivity index (χ0) is 23.3. The number of aromatic nitrogens is 1. The summed E-state index contributed by atoms with van der Waals surface area (Å²) >= 11 is 1.66. The van der Waals surface area contributed by atoms with Gasteiger partial charge in [0.15, 0.2) is 0 Å². The minimum absolute atomic E-state index is 0.0212. The largest absolute Gasteiger partial charge is 0.407 e. The van der Waals surface area contributed by atoms with Gasteiger partial charge in [-0.1, -0.05) is 81.4 Å². The van der Waals surface area contributed by atoms with E-state index in [4.69, 9.17) is 9.41 Å². The lowest BCUT2D eigenvalue weighted by Crippen LogP contribution is -2.66. The van der Waals surface area contributed by atoms with Gasteiger partial charge in [-0.05, 0) is 46.1 Å². The van der Waals surface area contributed by atoms with Crippen LogP contribution in [0, 0.1) is 5.82 Å². The van der Waals surface area contributed by atoms with Crippen LogP contribution in [0.2, 0.25) is 5.04 Å². The molecule has 4 rings (SSSR count). The third kappa shape index (κ3) is 5.16. The molecule has 3 aromatic carbocycles. The van der Waals surface area contributed by atoms with E-state index in [0.29, 0.717) is 6.61 Å². The molecule has 0 N–H and O–H groups in total. The molecule has 1 aromatic heterocycles. The summed E-state index contributed by atoms with van der Waals surface area (Å²) in [6.45, 7) is 7.58. The lowest BCUT2D eigenvalue weighted by Gasteiger charge is -2.43. The SMILES string of the molecule is CC(C)(C)[Si](OCCCc1nc(-c2ccc(F)cc2)cs1)(c1ccccc1)c1ccccc1. The van der Waals surface area contributed by atoms with Crippen molar-refractivity contribution in [3.05, 3.63) is 101 Å². The maximum atomic E-state index is 13.2. The van der Waals surface area contributed by atoms with Gasteiger partial charge in [-0.3, -0.25) is 0 Å². The van der Waals surface area contributed by atoms with Crippen molar-refractivity contribution in [2.45, 2.75) is 38.7 Å². The van der Waals surface area contributed by atoms with E-state index in [-0.39, 0.29) is 10.9 Å². The van der Waals surface area contributed by atoms with Gasteiger partial charge in [0.25, 0.3) is 8.32 Å². The predicted molar refractivity (Wildman–Crippen MR) is 139 cm³/mol. The summed E-state index contributed by atoms with van der Waals surface area (Å²) in [4.78, 5) is 4.76. The molecule has 0 atom stereocenters. The molecule has 0 amide bonds. The summed E-state index contributed by atoms with van der Waals surface area (Å²) < 4.78 is 20.2. The molecular formula is C28H30FNOSSi. The highest BCUT2D eigenvalue weighted by molar-refractivity contribution is 7.10. The van der Waals surface area contributed by atoms with Gasteiger partial charge in [-0.2, -0.15) is 0 Å². The van der Waals surface area contributed by atoms with Crippen molar-refractivity contribution in [1.29, 1.82) is 0 Å². The second-order valence-electron chi connectivity index (χ2n) is 9.25. The number of aryl methyl sites for hydroxylation is 1. The molecule has 4 aromatic rings. The second kappa shape index (κ2) is 10.1. The van der Waals surface area contributed by atoms with E-state index >= 15 is 0 Å². The van der Waals surface area contributed by atoms with Crippen LogP contribution >= 0.6 is 11.3 Å². The first-order valence-corrected chi connectivity index (χ1v) is 14.1. The quantitative estimate of drug-likeness (QED) is 0.216. The van der Waals surface area contributed by atoms with E-state index in [1.165, 1.54) is 22.5 Å². The summed E-state index contributed by atoms with van der Waals surface area (Å²) in [5.41, 5.74) is 1.85. The Labute approximate surface area is 201 Å². The number of halogens is 1. The zero-order valence-electron chi connectivity index (χ0n) is 19.4. The number of rotatable bonds is 8. The van der Waals surface area contributed by atoms with Crippen LogP contribution in [-0.2, 0) is 10.8 Å². The van der Waals surface area contributed by atoms with E-state index in [2.05, 4.69) is 81.4 Å². The Kier molecular flexibility index (Phi) is 7.22. The zero-order valence-corrected chi connectivity index (χ0v) is 21.2. The molecule has 0 unspecified atom stereocenters. The van der Waals surface area contributed by atoms with Crippen LogP contribution in [0.1, 0.15) is 32.2 Å². The van der Waals surface area contributed by atoms with Crippen molar-refractivity contribution in [2.24, 2.45) is 0 Å². The van der Waals surface area contributed by atoms with Gasteiger partial charge in [0, 0.05) is 24.0 Å². The van der Waals surface area contributed by atoms with Gasteiger partial charge in [-0.15, -0.1) is 11.3 Å². The first-order chi connectivity index (χ1) is 15.9. The van der Waals surface area contributed by atoms with Gasteiger partial charge in [0.1, 0.15) is 5.82 Å². The van der Waals surface area contributed by atoms with Gasteiger partial charge in [-0.25, -0.2) is 9.37 Å². The highest BCUT2D eigenvalue weighted by Crippen LogP contribution is 2.37. The van der Waals surface area contributed by atoms with Crippen LogP contribution in [-0.4, -0.2) is 19.9 Å². The Morgan fingerprint density at radius 3 is 1.97 bits per heavy atom. The summed E-state index contributed by atoms with van der Waals surface area (Å²) in [6, 6.07) is 28.0. The number of hydrogen-bond acceptors (Lipinski definition) is 3. The standard InChI is InChI=1S/C28H30FNOSSi/c1-28(2,3)33(24-11-6-4-7-12-24,25-13-8-5-9-14-25)31-20-10-15-27-30-26(21-32-27)22-16-18-23(29)19-17-22/h4-9,11-14,16-19,21H,10,15,20H2,1-3H3. The maximum absolute atomic E-state index is 13.2.